The molecule has 5 nitrogen and oxygen atoms in total. The summed E-state index contributed by atoms with van der Waals surface area (Å²) in [6.45, 7) is 0. The fourth-order valence-electron chi connectivity index (χ4n) is 1.54. The zero-order valence-corrected chi connectivity index (χ0v) is 11.0. The third kappa shape index (κ3) is 3.81. The second kappa shape index (κ2) is 6.25. The van der Waals surface area contributed by atoms with Crippen molar-refractivity contribution < 1.29 is 22.8 Å². The van der Waals surface area contributed by atoms with Crippen LogP contribution in [-0.4, -0.2) is 16.8 Å². The summed E-state index contributed by atoms with van der Waals surface area (Å²) >= 11 is 0. The summed E-state index contributed by atoms with van der Waals surface area (Å²) in [5, 5.41) is 0. The maximum Gasteiger partial charge on any atom is 0.433 e. The van der Waals surface area contributed by atoms with E-state index in [4.69, 9.17) is 0 Å². The molecule has 0 bridgehead atoms. The van der Waals surface area contributed by atoms with Crippen LogP contribution < -0.4 is 10.9 Å². The quantitative estimate of drug-likeness (QED) is 0.835. The van der Waals surface area contributed by atoms with Crippen LogP contribution in [0.4, 0.5) is 13.2 Å². The Morgan fingerprint density at radius 3 is 1.95 bits per heavy atom. The molecule has 0 fully saturated rings. The number of alkyl halides is 3. The van der Waals surface area contributed by atoms with Gasteiger partial charge >= 0.3 is 6.18 Å². The highest BCUT2D eigenvalue weighted by atomic mass is 19.4. The van der Waals surface area contributed by atoms with E-state index in [-0.39, 0.29) is 5.56 Å². The van der Waals surface area contributed by atoms with E-state index in [1.807, 2.05) is 0 Å². The van der Waals surface area contributed by atoms with Crippen molar-refractivity contribution in [3.8, 4) is 0 Å². The summed E-state index contributed by atoms with van der Waals surface area (Å²) in [6.07, 6.45) is -3.79. The van der Waals surface area contributed by atoms with Gasteiger partial charge in [0.2, 0.25) is 0 Å². The number of halogens is 3. The van der Waals surface area contributed by atoms with Crippen molar-refractivity contribution in [1.29, 1.82) is 0 Å². The number of carbonyl (C=O) groups is 2. The monoisotopic (exact) mass is 309 g/mol. The summed E-state index contributed by atoms with van der Waals surface area (Å²) in [4.78, 5) is 26.5. The predicted octanol–water partition coefficient (Wildman–Crippen LogP) is 2.18. The number of nitrogens with one attached hydrogen (secondary N) is 2. The second-order valence-electron chi connectivity index (χ2n) is 4.20. The molecule has 0 saturated carbocycles. The van der Waals surface area contributed by atoms with Gasteiger partial charge in [0.15, 0.2) is 0 Å². The lowest BCUT2D eigenvalue weighted by molar-refractivity contribution is -0.141. The highest BCUT2D eigenvalue weighted by molar-refractivity contribution is 5.98. The van der Waals surface area contributed by atoms with Gasteiger partial charge in [-0.25, -0.2) is 0 Å². The number of pyridine rings is 1. The average molecular weight is 309 g/mol. The molecule has 0 aliphatic rings. The van der Waals surface area contributed by atoms with Crippen molar-refractivity contribution in [3.05, 3.63) is 65.5 Å². The van der Waals surface area contributed by atoms with E-state index in [2.05, 4.69) is 15.8 Å². The van der Waals surface area contributed by atoms with Crippen molar-refractivity contribution in [1.82, 2.24) is 15.8 Å². The van der Waals surface area contributed by atoms with Crippen LogP contribution in [0.1, 0.15) is 26.4 Å². The van der Waals surface area contributed by atoms with Gasteiger partial charge in [-0.3, -0.25) is 25.4 Å². The first-order valence-electron chi connectivity index (χ1n) is 6.07. The Bertz CT molecular complexity index is 670. The van der Waals surface area contributed by atoms with Crippen LogP contribution in [0.5, 0.6) is 0 Å². The lowest BCUT2D eigenvalue weighted by atomic mass is 10.2. The van der Waals surface area contributed by atoms with Gasteiger partial charge in [0.05, 0.1) is 5.56 Å². The smallest absolute Gasteiger partial charge is 0.267 e. The molecular weight excluding hydrogens is 299 g/mol. The van der Waals surface area contributed by atoms with E-state index in [1.54, 1.807) is 30.3 Å². The first kappa shape index (κ1) is 15.5. The molecule has 0 aliphatic heterocycles. The minimum atomic E-state index is -4.57. The van der Waals surface area contributed by atoms with Crippen molar-refractivity contribution in [3.63, 3.8) is 0 Å². The molecule has 1 aromatic carbocycles. The number of hydrazine groups is 1. The maximum absolute atomic E-state index is 12.3. The fraction of sp³-hybridized carbons (Fsp3) is 0.0714. The Labute approximate surface area is 123 Å². The molecule has 1 aromatic heterocycles. The molecule has 22 heavy (non-hydrogen) atoms. The van der Waals surface area contributed by atoms with Gasteiger partial charge in [-0.2, -0.15) is 13.2 Å². The van der Waals surface area contributed by atoms with Crippen molar-refractivity contribution in [2.24, 2.45) is 0 Å². The molecule has 1 heterocycles. The topological polar surface area (TPSA) is 71.1 Å². The predicted molar refractivity (Wildman–Crippen MR) is 70.6 cm³/mol. The normalized spacial score (nSPS) is 10.9. The number of hydrogen-bond donors (Lipinski definition) is 2. The highest BCUT2D eigenvalue weighted by Crippen LogP contribution is 2.27. The zero-order valence-electron chi connectivity index (χ0n) is 11.0. The van der Waals surface area contributed by atoms with E-state index in [0.717, 1.165) is 12.3 Å². The molecule has 2 aromatic rings. The van der Waals surface area contributed by atoms with Gasteiger partial charge in [-0.05, 0) is 24.3 Å². The lowest BCUT2D eigenvalue weighted by Crippen LogP contribution is -2.41. The van der Waals surface area contributed by atoms with Crippen molar-refractivity contribution >= 4 is 11.8 Å². The maximum atomic E-state index is 12.3. The lowest BCUT2D eigenvalue weighted by Gasteiger charge is -2.08. The van der Waals surface area contributed by atoms with Crippen LogP contribution in [0.25, 0.3) is 0 Å². The van der Waals surface area contributed by atoms with E-state index >= 15 is 0 Å². The van der Waals surface area contributed by atoms with Gasteiger partial charge < -0.3 is 0 Å². The zero-order chi connectivity index (χ0) is 16.2. The number of amides is 2. The molecule has 0 radical (unpaired) electrons. The summed E-state index contributed by atoms with van der Waals surface area (Å²) in [5.74, 6) is -1.32. The van der Waals surface area contributed by atoms with Crippen LogP contribution in [-0.2, 0) is 6.18 Å². The third-order valence-electron chi connectivity index (χ3n) is 2.64. The molecule has 114 valence electrons. The standard InChI is InChI=1S/C14H10F3N3O2/c15-14(16,17)11-7-6-10(8-18-11)13(22)20-19-12(21)9-4-2-1-3-5-9/h1-8H,(H,19,21)(H,20,22). The molecular formula is C14H10F3N3O2. The Balaban J connectivity index is 1.97. The molecule has 0 aliphatic carbocycles. The molecule has 0 unspecified atom stereocenters. The van der Waals surface area contributed by atoms with Crippen LogP contribution in [0.3, 0.4) is 0 Å². The molecule has 0 saturated heterocycles. The minimum absolute atomic E-state index is 0.110. The van der Waals surface area contributed by atoms with Crippen LogP contribution in [0.2, 0.25) is 0 Å². The number of hydrogen-bond acceptors (Lipinski definition) is 3. The van der Waals surface area contributed by atoms with Crippen LogP contribution in [0.15, 0.2) is 48.7 Å². The van der Waals surface area contributed by atoms with Gasteiger partial charge in [-0.15, -0.1) is 0 Å². The average Bonchev–Trinajstić information content (AvgIpc) is 2.52. The van der Waals surface area contributed by atoms with Crippen molar-refractivity contribution in [2.75, 3.05) is 0 Å². The molecule has 0 spiro atoms. The second-order valence-corrected chi connectivity index (χ2v) is 4.20. The van der Waals surface area contributed by atoms with Gasteiger partial charge in [0.1, 0.15) is 5.69 Å². The Hall–Kier alpha value is -2.90. The van der Waals surface area contributed by atoms with Gasteiger partial charge in [0.25, 0.3) is 11.8 Å². The van der Waals surface area contributed by atoms with Gasteiger partial charge in [-0.1, -0.05) is 18.2 Å². The number of aromatic nitrogens is 1. The van der Waals surface area contributed by atoms with Crippen LogP contribution in [0, 0.1) is 0 Å². The molecule has 2 N–H and O–H groups in total. The Morgan fingerprint density at radius 1 is 0.864 bits per heavy atom. The number of rotatable bonds is 2. The number of carbonyl (C=O) groups excluding carboxylic acids is 2. The Morgan fingerprint density at radius 2 is 1.45 bits per heavy atom. The Kier molecular flexibility index (Phi) is 4.40. The molecule has 0 atom stereocenters. The third-order valence-corrected chi connectivity index (χ3v) is 2.64. The van der Waals surface area contributed by atoms with Crippen LogP contribution >= 0.6 is 0 Å². The first-order valence-corrected chi connectivity index (χ1v) is 6.07. The largest absolute Gasteiger partial charge is 0.433 e. The highest BCUT2D eigenvalue weighted by Gasteiger charge is 2.32. The number of benzene rings is 1. The minimum Gasteiger partial charge on any atom is -0.267 e. The number of nitrogens with zero attached hydrogens (tertiary/aromatic N) is 1. The molecule has 8 heteroatoms. The summed E-state index contributed by atoms with van der Waals surface area (Å²) in [5.41, 5.74) is 3.37. The van der Waals surface area contributed by atoms with E-state index < -0.39 is 23.7 Å². The summed E-state index contributed by atoms with van der Waals surface area (Å²) < 4.78 is 37.0. The van der Waals surface area contributed by atoms with E-state index in [9.17, 15) is 22.8 Å². The van der Waals surface area contributed by atoms with E-state index in [1.165, 1.54) is 0 Å². The molecule has 2 amide bonds. The fourth-order valence-corrected chi connectivity index (χ4v) is 1.54. The summed E-state index contributed by atoms with van der Waals surface area (Å²) in [7, 11) is 0. The first-order chi connectivity index (χ1) is 10.4. The van der Waals surface area contributed by atoms with Crippen molar-refractivity contribution in [2.45, 2.75) is 6.18 Å². The summed E-state index contributed by atoms with van der Waals surface area (Å²) in [6, 6.07) is 9.77. The van der Waals surface area contributed by atoms with E-state index in [0.29, 0.717) is 11.6 Å². The van der Waals surface area contributed by atoms with Gasteiger partial charge in [0, 0.05) is 11.8 Å². The SMILES string of the molecule is O=C(NNC(=O)c1ccc(C(F)(F)F)nc1)c1ccccc1. The molecule has 2 rings (SSSR count).